The molecule has 0 aliphatic carbocycles. The van der Waals surface area contributed by atoms with Crippen LogP contribution >= 0.6 is 0 Å². The second-order valence-electron chi connectivity index (χ2n) is 3.31. The average molecular weight is 203 g/mol. The van der Waals surface area contributed by atoms with E-state index in [0.29, 0.717) is 5.69 Å². The molecule has 0 unspecified atom stereocenters. The summed E-state index contributed by atoms with van der Waals surface area (Å²) in [5.41, 5.74) is 7.51. The van der Waals surface area contributed by atoms with Crippen molar-refractivity contribution in [2.75, 3.05) is 12.8 Å². The molecular formula is C11H13N3O. The van der Waals surface area contributed by atoms with Gasteiger partial charge >= 0.3 is 0 Å². The van der Waals surface area contributed by atoms with Gasteiger partial charge in [0.15, 0.2) is 0 Å². The number of anilines is 1. The maximum Gasteiger partial charge on any atom is 0.141 e. The Kier molecular flexibility index (Phi) is 2.33. The molecular weight excluding hydrogens is 190 g/mol. The smallest absolute Gasteiger partial charge is 0.141 e. The molecule has 0 radical (unpaired) electrons. The van der Waals surface area contributed by atoms with E-state index in [9.17, 15) is 0 Å². The lowest BCUT2D eigenvalue weighted by Crippen LogP contribution is -1.97. The molecule has 1 aromatic carbocycles. The van der Waals surface area contributed by atoms with E-state index in [1.807, 2.05) is 29.9 Å². The number of nitrogens with zero attached hydrogens (tertiary/aromatic N) is 2. The minimum atomic E-state index is 0.670. The van der Waals surface area contributed by atoms with Crippen LogP contribution in [-0.4, -0.2) is 16.7 Å². The Morgan fingerprint density at radius 3 is 2.73 bits per heavy atom. The fourth-order valence-electron chi connectivity index (χ4n) is 1.50. The zero-order valence-electron chi connectivity index (χ0n) is 8.77. The van der Waals surface area contributed by atoms with E-state index in [2.05, 4.69) is 4.98 Å². The number of aromatic nitrogens is 2. The van der Waals surface area contributed by atoms with E-state index in [4.69, 9.17) is 10.5 Å². The number of rotatable bonds is 2. The first-order valence-electron chi connectivity index (χ1n) is 4.63. The SMILES string of the molecule is COc1ccc(-c2nccn2C)c(N)c1. The number of nitrogen functional groups attached to an aromatic ring is 1. The summed E-state index contributed by atoms with van der Waals surface area (Å²) >= 11 is 0. The first-order chi connectivity index (χ1) is 7.22. The molecule has 78 valence electrons. The molecule has 0 aliphatic rings. The monoisotopic (exact) mass is 203 g/mol. The number of hydrogen-bond donors (Lipinski definition) is 1. The highest BCUT2D eigenvalue weighted by atomic mass is 16.5. The van der Waals surface area contributed by atoms with E-state index < -0.39 is 0 Å². The predicted molar refractivity (Wildman–Crippen MR) is 59.6 cm³/mol. The van der Waals surface area contributed by atoms with E-state index in [1.54, 1.807) is 19.4 Å². The van der Waals surface area contributed by atoms with Crippen LogP contribution in [0.4, 0.5) is 5.69 Å². The standard InChI is InChI=1S/C11H13N3O/c1-14-6-5-13-11(14)9-4-3-8(15-2)7-10(9)12/h3-7H,12H2,1-2H3. The van der Waals surface area contributed by atoms with Crippen LogP contribution < -0.4 is 10.5 Å². The van der Waals surface area contributed by atoms with Crippen molar-refractivity contribution in [3.8, 4) is 17.1 Å². The van der Waals surface area contributed by atoms with Gasteiger partial charge in [-0.25, -0.2) is 4.98 Å². The molecule has 1 aromatic heterocycles. The minimum Gasteiger partial charge on any atom is -0.497 e. The molecule has 0 saturated carbocycles. The van der Waals surface area contributed by atoms with Crippen molar-refractivity contribution in [1.82, 2.24) is 9.55 Å². The summed E-state index contributed by atoms with van der Waals surface area (Å²) in [6.07, 6.45) is 3.64. The number of benzene rings is 1. The molecule has 4 nitrogen and oxygen atoms in total. The lowest BCUT2D eigenvalue weighted by atomic mass is 10.1. The predicted octanol–water partition coefficient (Wildman–Crippen LogP) is 1.68. The number of imidazole rings is 1. The summed E-state index contributed by atoms with van der Waals surface area (Å²) in [5.74, 6) is 1.61. The third-order valence-corrected chi connectivity index (χ3v) is 2.32. The molecule has 15 heavy (non-hydrogen) atoms. The van der Waals surface area contributed by atoms with Crippen molar-refractivity contribution in [1.29, 1.82) is 0 Å². The van der Waals surface area contributed by atoms with Crippen LogP contribution in [0.3, 0.4) is 0 Å². The fourth-order valence-corrected chi connectivity index (χ4v) is 1.50. The second kappa shape index (κ2) is 3.65. The van der Waals surface area contributed by atoms with Gasteiger partial charge < -0.3 is 15.0 Å². The van der Waals surface area contributed by atoms with E-state index >= 15 is 0 Å². The zero-order chi connectivity index (χ0) is 10.8. The normalized spacial score (nSPS) is 10.3. The van der Waals surface area contributed by atoms with Crippen LogP contribution in [0, 0.1) is 0 Å². The van der Waals surface area contributed by atoms with Gasteiger partial charge in [-0.3, -0.25) is 0 Å². The molecule has 0 atom stereocenters. The molecule has 0 spiro atoms. The van der Waals surface area contributed by atoms with Gasteiger partial charge in [-0.2, -0.15) is 0 Å². The molecule has 2 N–H and O–H groups in total. The van der Waals surface area contributed by atoms with Gasteiger partial charge in [-0.1, -0.05) is 0 Å². The largest absolute Gasteiger partial charge is 0.497 e. The quantitative estimate of drug-likeness (QED) is 0.755. The Labute approximate surface area is 88.3 Å². The Bertz CT molecular complexity index is 476. The lowest BCUT2D eigenvalue weighted by Gasteiger charge is -2.07. The molecule has 0 fully saturated rings. The van der Waals surface area contributed by atoms with Crippen LogP contribution in [0.1, 0.15) is 0 Å². The number of methoxy groups -OCH3 is 1. The topological polar surface area (TPSA) is 53.1 Å². The molecule has 0 amide bonds. The molecule has 0 saturated heterocycles. The van der Waals surface area contributed by atoms with Crippen molar-refractivity contribution in [2.24, 2.45) is 7.05 Å². The van der Waals surface area contributed by atoms with E-state index in [1.165, 1.54) is 0 Å². The first-order valence-corrected chi connectivity index (χ1v) is 4.63. The minimum absolute atomic E-state index is 0.670. The number of nitrogens with two attached hydrogens (primary N) is 1. The molecule has 0 bridgehead atoms. The summed E-state index contributed by atoms with van der Waals surface area (Å²) in [7, 11) is 3.56. The Balaban J connectivity index is 2.50. The average Bonchev–Trinajstić information content (AvgIpc) is 2.64. The van der Waals surface area contributed by atoms with Crippen molar-refractivity contribution >= 4 is 5.69 Å². The maximum absolute atomic E-state index is 5.92. The summed E-state index contributed by atoms with van der Waals surface area (Å²) in [6.45, 7) is 0. The Morgan fingerprint density at radius 1 is 1.40 bits per heavy atom. The van der Waals surface area contributed by atoms with Crippen LogP contribution in [0.15, 0.2) is 30.6 Å². The Morgan fingerprint density at radius 2 is 2.20 bits per heavy atom. The fraction of sp³-hybridized carbons (Fsp3) is 0.182. The van der Waals surface area contributed by atoms with Crippen LogP contribution in [-0.2, 0) is 7.05 Å². The lowest BCUT2D eigenvalue weighted by molar-refractivity contribution is 0.415. The number of ether oxygens (including phenoxy) is 1. The van der Waals surface area contributed by atoms with Crippen LogP contribution in [0.2, 0.25) is 0 Å². The summed E-state index contributed by atoms with van der Waals surface area (Å²) < 4.78 is 7.02. The molecule has 1 heterocycles. The summed E-state index contributed by atoms with van der Waals surface area (Å²) in [4.78, 5) is 4.24. The number of aryl methyl sites for hydroxylation is 1. The van der Waals surface area contributed by atoms with E-state index in [0.717, 1.165) is 17.1 Å². The van der Waals surface area contributed by atoms with Crippen molar-refractivity contribution in [3.63, 3.8) is 0 Å². The first kappa shape index (κ1) is 9.58. The van der Waals surface area contributed by atoms with Gasteiger partial charge in [-0.05, 0) is 12.1 Å². The highest BCUT2D eigenvalue weighted by molar-refractivity contribution is 5.73. The summed E-state index contributed by atoms with van der Waals surface area (Å²) in [6, 6.07) is 5.58. The second-order valence-corrected chi connectivity index (χ2v) is 3.31. The van der Waals surface area contributed by atoms with Gasteiger partial charge in [0, 0.05) is 36.8 Å². The van der Waals surface area contributed by atoms with Gasteiger partial charge in [0.1, 0.15) is 11.6 Å². The maximum atomic E-state index is 5.92. The van der Waals surface area contributed by atoms with Gasteiger partial charge in [0.05, 0.1) is 7.11 Å². The summed E-state index contributed by atoms with van der Waals surface area (Å²) in [5, 5.41) is 0. The van der Waals surface area contributed by atoms with Gasteiger partial charge in [0.2, 0.25) is 0 Å². The number of hydrogen-bond acceptors (Lipinski definition) is 3. The molecule has 4 heteroatoms. The Hall–Kier alpha value is -1.97. The zero-order valence-corrected chi connectivity index (χ0v) is 8.77. The van der Waals surface area contributed by atoms with E-state index in [-0.39, 0.29) is 0 Å². The van der Waals surface area contributed by atoms with Crippen LogP contribution in [0.5, 0.6) is 5.75 Å². The molecule has 2 rings (SSSR count). The molecule has 0 aliphatic heterocycles. The third-order valence-electron chi connectivity index (χ3n) is 2.32. The molecule has 2 aromatic rings. The van der Waals surface area contributed by atoms with Gasteiger partial charge in [0.25, 0.3) is 0 Å². The highest BCUT2D eigenvalue weighted by Gasteiger charge is 2.07. The van der Waals surface area contributed by atoms with Crippen molar-refractivity contribution < 1.29 is 4.74 Å². The van der Waals surface area contributed by atoms with Crippen LogP contribution in [0.25, 0.3) is 11.4 Å². The third kappa shape index (κ3) is 1.66. The van der Waals surface area contributed by atoms with Crippen molar-refractivity contribution in [3.05, 3.63) is 30.6 Å². The van der Waals surface area contributed by atoms with Crippen molar-refractivity contribution in [2.45, 2.75) is 0 Å². The highest BCUT2D eigenvalue weighted by Crippen LogP contribution is 2.27. The van der Waals surface area contributed by atoms with Gasteiger partial charge in [-0.15, -0.1) is 0 Å².